The minimum Gasteiger partial charge on any atom is -0.340 e. The van der Waals surface area contributed by atoms with Gasteiger partial charge in [0.2, 0.25) is 0 Å². The van der Waals surface area contributed by atoms with E-state index in [1.165, 1.54) is 93.4 Å². The topological polar surface area (TPSA) is 79.2 Å². The zero-order chi connectivity index (χ0) is 57.7. The molecule has 445 valence electrons. The Morgan fingerprint density at radius 2 is 0.905 bits per heavy atom. The fourth-order valence-electron chi connectivity index (χ4n) is 10.3. The summed E-state index contributed by atoms with van der Waals surface area (Å²) >= 11 is 0. The quantitative estimate of drug-likeness (QED) is 0.0711. The van der Waals surface area contributed by atoms with Crippen LogP contribution in [-0.4, -0.2) is 39.1 Å². The first-order valence-electron chi connectivity index (χ1n) is 29.2. The van der Waals surface area contributed by atoms with E-state index in [0.29, 0.717) is 0 Å². The second kappa shape index (κ2) is 31.9. The van der Waals surface area contributed by atoms with Crippen LogP contribution in [0.25, 0.3) is 73.2 Å². The largest absolute Gasteiger partial charge is 0.340 e. The van der Waals surface area contributed by atoms with Gasteiger partial charge < -0.3 is 4.57 Å². The van der Waals surface area contributed by atoms with Crippen LogP contribution in [0.2, 0.25) is 0 Å². The van der Waals surface area contributed by atoms with Crippen LogP contribution in [0.4, 0.5) is 0 Å². The first-order chi connectivity index (χ1) is 38.9. The molecular formula is C73H83Ir3N8-3. The Morgan fingerprint density at radius 3 is 1.36 bits per heavy atom. The summed E-state index contributed by atoms with van der Waals surface area (Å²) < 4.78 is 5.88. The van der Waals surface area contributed by atoms with E-state index >= 15 is 0 Å². The second-order valence-electron chi connectivity index (χ2n) is 23.5. The monoisotopic (exact) mass is 1650 g/mol. The van der Waals surface area contributed by atoms with Crippen LogP contribution in [0.3, 0.4) is 0 Å². The normalized spacial score (nSPS) is 11.1. The van der Waals surface area contributed by atoms with E-state index in [-0.39, 0.29) is 71.1 Å². The van der Waals surface area contributed by atoms with Gasteiger partial charge in [0.15, 0.2) is 0 Å². The predicted molar refractivity (Wildman–Crippen MR) is 337 cm³/mol. The molecule has 8 nitrogen and oxygen atoms in total. The van der Waals surface area contributed by atoms with Crippen molar-refractivity contribution in [2.75, 3.05) is 0 Å². The van der Waals surface area contributed by atoms with Gasteiger partial charge in [-0.25, -0.2) is 0 Å². The van der Waals surface area contributed by atoms with Gasteiger partial charge in [0, 0.05) is 105 Å². The first kappa shape index (κ1) is 68.8. The zero-order valence-electron chi connectivity index (χ0n) is 51.5. The van der Waals surface area contributed by atoms with Crippen LogP contribution in [0.15, 0.2) is 158 Å². The van der Waals surface area contributed by atoms with Crippen molar-refractivity contribution in [3.63, 3.8) is 0 Å². The van der Waals surface area contributed by atoms with Gasteiger partial charge in [0.05, 0.1) is 17.5 Å². The number of benzene rings is 7. The molecule has 0 N–H and O–H groups in total. The molecule has 3 heterocycles. The number of unbranched alkanes of at least 4 members (excludes halogenated alkanes) is 3. The van der Waals surface area contributed by atoms with Crippen LogP contribution >= 0.6 is 0 Å². The molecule has 3 aromatic heterocycles. The minimum atomic E-state index is 0. The third kappa shape index (κ3) is 18.0. The van der Waals surface area contributed by atoms with E-state index in [1.807, 2.05) is 84.4 Å². The van der Waals surface area contributed by atoms with Crippen molar-refractivity contribution < 1.29 is 60.3 Å². The van der Waals surface area contributed by atoms with Crippen molar-refractivity contribution >= 4 is 0 Å². The van der Waals surface area contributed by atoms with Gasteiger partial charge in [-0.05, 0) is 124 Å². The molecule has 84 heavy (non-hydrogen) atoms. The molecule has 11 heteroatoms. The molecule has 0 atom stereocenters. The summed E-state index contributed by atoms with van der Waals surface area (Å²) in [6.45, 7) is 24.5. The molecule has 0 aliphatic carbocycles. The number of aryl methyl sites for hydroxylation is 7. The molecular weight excluding hydrogens is 1570 g/mol. The molecule has 0 aliphatic rings. The number of nitrogens with zero attached hydrogens (tertiary/aromatic N) is 8. The summed E-state index contributed by atoms with van der Waals surface area (Å²) in [6.07, 6.45) is 14.2. The Balaban J connectivity index is 0.000000255. The van der Waals surface area contributed by atoms with Gasteiger partial charge in [0.25, 0.3) is 0 Å². The smallest absolute Gasteiger partial charge is 0.140 e. The molecule has 0 unspecified atom stereocenters. The minimum absolute atomic E-state index is 0. The molecule has 0 amide bonds. The summed E-state index contributed by atoms with van der Waals surface area (Å²) in [5.41, 5.74) is 18.3. The number of hydrogen-bond donors (Lipinski definition) is 0. The third-order valence-electron chi connectivity index (χ3n) is 14.7. The number of aromatic nitrogens is 8. The molecule has 0 saturated carbocycles. The zero-order valence-corrected chi connectivity index (χ0v) is 58.6. The Labute approximate surface area is 542 Å². The Bertz CT molecular complexity index is 3500. The van der Waals surface area contributed by atoms with Crippen molar-refractivity contribution in [3.05, 3.63) is 216 Å². The van der Waals surface area contributed by atoms with Gasteiger partial charge in [-0.2, -0.15) is 10.2 Å². The first-order valence-corrected chi connectivity index (χ1v) is 29.2. The summed E-state index contributed by atoms with van der Waals surface area (Å²) in [5.74, 6) is 4.47. The molecule has 3 radical (unpaired) electrons. The van der Waals surface area contributed by atoms with E-state index in [9.17, 15) is 0 Å². The third-order valence-corrected chi connectivity index (χ3v) is 14.7. The number of rotatable bonds is 16. The van der Waals surface area contributed by atoms with E-state index in [0.717, 1.165) is 77.1 Å². The van der Waals surface area contributed by atoms with E-state index in [4.69, 9.17) is 4.98 Å². The van der Waals surface area contributed by atoms with E-state index in [1.54, 1.807) is 0 Å². The van der Waals surface area contributed by atoms with Crippen molar-refractivity contribution in [2.45, 2.75) is 145 Å². The summed E-state index contributed by atoms with van der Waals surface area (Å²) in [7, 11) is 3.88. The molecule has 10 rings (SSSR count). The standard InChI is InChI=1S/C38H42N3.C23H27N2.C12H14N3.3Ir/c1-9-11-35-39-36(41(8)40-35)29-13-10-12-28(22-29)32-24-30(26-14-18-33(19-15-26)37(2,3)4)23-31(25-32)27-16-20-34(21-17-27)38(5,6)7;1-4-5-6-8-11-20-16-18(2)22(19(3)17-20)25-15-14-24-23(25)21-12-9-7-10-13-21;1-3-7-11-13-12(15(2)14-11)10-8-5-4-6-9-10;;;/h10,12,14-25H,9,11H2,1-8H3;7,9-10,12,14-17H,4-6,8,11H2,1-3H3;4-6,8H,3,7H2,1-2H3;;;/q3*-1;;;. The number of imidazole rings is 1. The van der Waals surface area contributed by atoms with Gasteiger partial charge in [-0.15, -0.1) is 107 Å². The molecule has 0 aliphatic heterocycles. The summed E-state index contributed by atoms with van der Waals surface area (Å²) in [5, 5.41) is 8.98. The van der Waals surface area contributed by atoms with Crippen LogP contribution in [0, 0.1) is 32.0 Å². The van der Waals surface area contributed by atoms with Crippen molar-refractivity contribution in [1.29, 1.82) is 0 Å². The fraction of sp³-hybridized carbons (Fsp3) is 0.329. The maximum absolute atomic E-state index is 4.81. The average molecular weight is 1650 g/mol. The maximum Gasteiger partial charge on any atom is 0.140 e. The van der Waals surface area contributed by atoms with E-state index in [2.05, 4.69) is 216 Å². The van der Waals surface area contributed by atoms with E-state index < -0.39 is 0 Å². The molecule has 0 spiro atoms. The average Bonchev–Trinajstić information content (AvgIpc) is 4.22. The molecule has 7 aromatic carbocycles. The number of hydrogen-bond acceptors (Lipinski definition) is 5. The van der Waals surface area contributed by atoms with Crippen molar-refractivity contribution in [3.8, 4) is 73.2 Å². The SMILES string of the molecule is CCCCCCc1cc(C)c(-n2ccnc2-c2[c-]cccc2)c(C)c1.CCCc1nc(-c2[c-]ccc(-c3cc(-c4ccc(C(C)(C)C)cc4)cc(-c4ccc(C(C)(C)C)cc4)c3)c2)n(C)n1.CCCc1nc(-c2[c-]cccc2)n(C)n1.[Ir].[Ir].[Ir]. The summed E-state index contributed by atoms with van der Waals surface area (Å²) in [4.78, 5) is 13.9. The van der Waals surface area contributed by atoms with Crippen LogP contribution in [-0.2, 0) is 105 Å². The Kier molecular flexibility index (Phi) is 26.1. The van der Waals surface area contributed by atoms with Crippen LogP contribution < -0.4 is 0 Å². The van der Waals surface area contributed by atoms with Crippen LogP contribution in [0.1, 0.15) is 140 Å². The molecule has 0 saturated heterocycles. The molecule has 10 aromatic rings. The predicted octanol–water partition coefficient (Wildman–Crippen LogP) is 18.1. The summed E-state index contributed by atoms with van der Waals surface area (Å²) in [6, 6.07) is 61.7. The molecule has 0 bridgehead atoms. The van der Waals surface area contributed by atoms with Gasteiger partial charge in [0.1, 0.15) is 11.6 Å². The van der Waals surface area contributed by atoms with Gasteiger partial charge >= 0.3 is 0 Å². The fourth-order valence-corrected chi connectivity index (χ4v) is 10.3. The molecule has 0 fully saturated rings. The maximum atomic E-state index is 4.81. The van der Waals surface area contributed by atoms with Gasteiger partial charge in [-0.1, -0.05) is 142 Å². The van der Waals surface area contributed by atoms with Gasteiger partial charge in [-0.3, -0.25) is 24.3 Å². The van der Waals surface area contributed by atoms with Crippen molar-refractivity contribution in [2.24, 2.45) is 14.1 Å². The van der Waals surface area contributed by atoms with Crippen LogP contribution in [0.5, 0.6) is 0 Å². The Morgan fingerprint density at radius 1 is 0.440 bits per heavy atom. The Hall–Kier alpha value is -6.02. The van der Waals surface area contributed by atoms with Crippen molar-refractivity contribution in [1.82, 2.24) is 39.1 Å². The second-order valence-corrected chi connectivity index (χ2v) is 23.5.